The topological polar surface area (TPSA) is 109 Å². The Morgan fingerprint density at radius 1 is 1.00 bits per heavy atom. The Hall–Kier alpha value is -1.57. The van der Waals surface area contributed by atoms with Crippen molar-refractivity contribution in [1.29, 1.82) is 0 Å². The quantitative estimate of drug-likeness (QED) is 0.615. The van der Waals surface area contributed by atoms with Gasteiger partial charge in [-0.05, 0) is 19.9 Å². The van der Waals surface area contributed by atoms with Crippen molar-refractivity contribution in [1.82, 2.24) is 0 Å². The van der Waals surface area contributed by atoms with Crippen molar-refractivity contribution in [2.45, 2.75) is 13.8 Å². The number of Topliss-reactive ketones (excluding diaryl/α,β-unsaturated/α-hetero) is 2. The summed E-state index contributed by atoms with van der Waals surface area (Å²) in [4.78, 5) is 21.8. The van der Waals surface area contributed by atoms with Crippen LogP contribution in [0.15, 0.2) is 24.3 Å². The molecule has 0 unspecified atom stereocenters. The Labute approximate surface area is 98.9 Å². The Bertz CT molecular complexity index is 480. The lowest BCUT2D eigenvalue weighted by atomic mass is 10.1. The number of carbonyl (C=O) groups excluding carboxylic acids is 2. The second-order valence-electron chi connectivity index (χ2n) is 3.14. The minimum Gasteiger partial charge on any atom is -0.295 e. The van der Waals surface area contributed by atoms with E-state index in [1.807, 2.05) is 0 Å². The number of benzene rings is 1. The third-order valence-electron chi connectivity index (χ3n) is 1.68. The summed E-state index contributed by atoms with van der Waals surface area (Å²) >= 11 is 0. The average molecular weight is 260 g/mol. The zero-order chi connectivity index (χ0) is 13.6. The summed E-state index contributed by atoms with van der Waals surface area (Å²) in [6.07, 6.45) is 0. The van der Waals surface area contributed by atoms with Crippen LogP contribution >= 0.6 is 0 Å². The molecular formula is C10H12O6S. The van der Waals surface area contributed by atoms with Gasteiger partial charge in [-0.2, -0.15) is 8.42 Å². The van der Waals surface area contributed by atoms with Gasteiger partial charge in [-0.25, -0.2) is 0 Å². The molecule has 0 fully saturated rings. The second kappa shape index (κ2) is 6.24. The van der Waals surface area contributed by atoms with E-state index in [2.05, 4.69) is 0 Å². The summed E-state index contributed by atoms with van der Waals surface area (Å²) in [6, 6.07) is 6.74. The molecule has 0 heterocycles. The zero-order valence-electron chi connectivity index (χ0n) is 9.25. The maximum Gasteiger partial charge on any atom is 0.394 e. The molecule has 0 aromatic heterocycles. The molecule has 0 aliphatic rings. The lowest BCUT2D eigenvalue weighted by molar-refractivity contribution is 0.101. The number of hydrogen-bond donors (Lipinski definition) is 2. The molecule has 0 aliphatic carbocycles. The minimum absolute atomic E-state index is 0.0156. The Balaban J connectivity index is 0.000000437. The molecule has 0 amide bonds. The predicted molar refractivity (Wildman–Crippen MR) is 60.6 cm³/mol. The lowest BCUT2D eigenvalue weighted by Gasteiger charge is -1.97. The number of hydrogen-bond acceptors (Lipinski definition) is 4. The van der Waals surface area contributed by atoms with Gasteiger partial charge in [0.15, 0.2) is 11.6 Å². The normalized spacial score (nSPS) is 10.1. The SMILES string of the molecule is CC(=O)c1cccc(C(C)=O)c1.O=S(=O)(O)O. The predicted octanol–water partition coefficient (Wildman–Crippen LogP) is 1.44. The first kappa shape index (κ1) is 15.4. The van der Waals surface area contributed by atoms with E-state index >= 15 is 0 Å². The van der Waals surface area contributed by atoms with Gasteiger partial charge in [0.1, 0.15) is 0 Å². The summed E-state index contributed by atoms with van der Waals surface area (Å²) in [5.74, 6) is -0.0313. The van der Waals surface area contributed by atoms with Crippen molar-refractivity contribution in [3.63, 3.8) is 0 Å². The maximum absolute atomic E-state index is 10.9. The van der Waals surface area contributed by atoms with Gasteiger partial charge >= 0.3 is 10.4 Å². The van der Waals surface area contributed by atoms with E-state index in [4.69, 9.17) is 17.5 Å². The third kappa shape index (κ3) is 8.26. The van der Waals surface area contributed by atoms with Crippen LogP contribution in [0.3, 0.4) is 0 Å². The molecule has 1 rings (SSSR count). The molecule has 7 heteroatoms. The van der Waals surface area contributed by atoms with E-state index in [0.29, 0.717) is 11.1 Å². The first-order valence-corrected chi connectivity index (χ1v) is 5.83. The van der Waals surface area contributed by atoms with Crippen LogP contribution in [0, 0.1) is 0 Å². The van der Waals surface area contributed by atoms with Crippen LogP contribution in [-0.4, -0.2) is 29.1 Å². The highest BCUT2D eigenvalue weighted by molar-refractivity contribution is 7.79. The summed E-state index contributed by atoms with van der Waals surface area (Å²) < 4.78 is 31.6. The maximum atomic E-state index is 10.9. The summed E-state index contributed by atoms with van der Waals surface area (Å²) in [5.41, 5.74) is 1.17. The lowest BCUT2D eigenvalue weighted by Crippen LogP contribution is -1.96. The van der Waals surface area contributed by atoms with E-state index in [9.17, 15) is 9.59 Å². The van der Waals surface area contributed by atoms with E-state index in [-0.39, 0.29) is 11.6 Å². The van der Waals surface area contributed by atoms with Crippen LogP contribution in [0.4, 0.5) is 0 Å². The van der Waals surface area contributed by atoms with Crippen molar-refractivity contribution >= 4 is 22.0 Å². The molecule has 94 valence electrons. The van der Waals surface area contributed by atoms with Crippen LogP contribution in [0.5, 0.6) is 0 Å². The van der Waals surface area contributed by atoms with Gasteiger partial charge in [-0.3, -0.25) is 18.7 Å². The number of ketones is 2. The zero-order valence-corrected chi connectivity index (χ0v) is 10.1. The largest absolute Gasteiger partial charge is 0.394 e. The smallest absolute Gasteiger partial charge is 0.295 e. The molecule has 0 bridgehead atoms. The van der Waals surface area contributed by atoms with Crippen LogP contribution in [0.2, 0.25) is 0 Å². The highest BCUT2D eigenvalue weighted by atomic mass is 32.3. The van der Waals surface area contributed by atoms with Crippen LogP contribution in [0.25, 0.3) is 0 Å². The average Bonchev–Trinajstić information content (AvgIpc) is 2.15. The van der Waals surface area contributed by atoms with E-state index in [1.165, 1.54) is 13.8 Å². The van der Waals surface area contributed by atoms with E-state index < -0.39 is 10.4 Å². The second-order valence-corrected chi connectivity index (χ2v) is 4.04. The number of carbonyl (C=O) groups is 2. The van der Waals surface area contributed by atoms with Crippen LogP contribution < -0.4 is 0 Å². The van der Waals surface area contributed by atoms with E-state index in [1.54, 1.807) is 24.3 Å². The monoisotopic (exact) mass is 260 g/mol. The highest BCUT2D eigenvalue weighted by Crippen LogP contribution is 2.06. The number of rotatable bonds is 2. The fourth-order valence-electron chi connectivity index (χ4n) is 0.957. The molecule has 0 saturated heterocycles. The molecule has 17 heavy (non-hydrogen) atoms. The summed E-state index contributed by atoms with van der Waals surface area (Å²) in [5, 5.41) is 0. The van der Waals surface area contributed by atoms with Gasteiger partial charge in [-0.1, -0.05) is 18.2 Å². The van der Waals surface area contributed by atoms with E-state index in [0.717, 1.165) is 0 Å². The fraction of sp³-hybridized carbons (Fsp3) is 0.200. The van der Waals surface area contributed by atoms with Gasteiger partial charge in [0.2, 0.25) is 0 Å². The Morgan fingerprint density at radius 3 is 1.53 bits per heavy atom. The van der Waals surface area contributed by atoms with Gasteiger partial charge in [0.25, 0.3) is 0 Å². The molecule has 1 aromatic carbocycles. The first-order chi connectivity index (χ1) is 7.61. The summed E-state index contributed by atoms with van der Waals surface area (Å²) in [7, 11) is -4.67. The molecule has 0 radical (unpaired) electrons. The van der Waals surface area contributed by atoms with Crippen LogP contribution in [-0.2, 0) is 10.4 Å². The molecule has 2 N–H and O–H groups in total. The molecular weight excluding hydrogens is 248 g/mol. The molecule has 0 saturated carbocycles. The van der Waals surface area contributed by atoms with Crippen molar-refractivity contribution in [3.05, 3.63) is 35.4 Å². The first-order valence-electron chi connectivity index (χ1n) is 4.43. The van der Waals surface area contributed by atoms with Gasteiger partial charge in [-0.15, -0.1) is 0 Å². The van der Waals surface area contributed by atoms with Gasteiger partial charge < -0.3 is 0 Å². The van der Waals surface area contributed by atoms with Crippen molar-refractivity contribution in [2.75, 3.05) is 0 Å². The van der Waals surface area contributed by atoms with Gasteiger partial charge in [0.05, 0.1) is 0 Å². The van der Waals surface area contributed by atoms with Crippen molar-refractivity contribution in [2.24, 2.45) is 0 Å². The standard InChI is InChI=1S/C10H10O2.H2O4S/c1-7(11)9-4-3-5-10(6-9)8(2)12;1-5(2,3)4/h3-6H,1-2H3;(H2,1,2,3,4). The Kier molecular flexibility index (Phi) is 5.66. The van der Waals surface area contributed by atoms with Gasteiger partial charge in [0, 0.05) is 11.1 Å². The molecule has 0 spiro atoms. The van der Waals surface area contributed by atoms with Crippen LogP contribution in [0.1, 0.15) is 34.6 Å². The molecule has 0 atom stereocenters. The molecule has 6 nitrogen and oxygen atoms in total. The van der Waals surface area contributed by atoms with Crippen molar-refractivity contribution in [3.8, 4) is 0 Å². The molecule has 0 aliphatic heterocycles. The highest BCUT2D eigenvalue weighted by Gasteiger charge is 2.02. The van der Waals surface area contributed by atoms with Crippen molar-refractivity contribution < 1.29 is 27.1 Å². The summed E-state index contributed by atoms with van der Waals surface area (Å²) in [6.45, 7) is 2.97. The third-order valence-corrected chi connectivity index (χ3v) is 1.68. The fourth-order valence-corrected chi connectivity index (χ4v) is 0.957. The molecule has 1 aromatic rings. The minimum atomic E-state index is -4.67. The Morgan fingerprint density at radius 2 is 1.29 bits per heavy atom.